The molecule has 3 heterocycles. The van der Waals surface area contributed by atoms with Gasteiger partial charge in [-0.1, -0.05) is 30.3 Å². The number of fused-ring (bicyclic) bond motifs is 1. The normalized spacial score (nSPS) is 14.3. The number of aromatic nitrogens is 2. The number of carbonyl (C=O) groups is 1. The molecule has 0 spiro atoms. The molecule has 2 aromatic carbocycles. The third-order valence-electron chi connectivity index (χ3n) is 5.86. The van der Waals surface area contributed by atoms with E-state index in [0.717, 1.165) is 55.3 Å². The van der Waals surface area contributed by atoms with Crippen molar-refractivity contribution in [2.24, 2.45) is 0 Å². The lowest BCUT2D eigenvalue weighted by molar-refractivity contribution is 0.0339. The van der Waals surface area contributed by atoms with Gasteiger partial charge in [-0.2, -0.15) is 0 Å². The Bertz CT molecular complexity index is 1240. The monoisotopic (exact) mass is 442 g/mol. The first-order chi connectivity index (χ1) is 16.2. The van der Waals surface area contributed by atoms with Crippen LogP contribution in [0, 0.1) is 0 Å². The maximum Gasteiger partial charge on any atom is 0.255 e. The van der Waals surface area contributed by atoms with Gasteiger partial charge in [-0.3, -0.25) is 9.69 Å². The summed E-state index contributed by atoms with van der Waals surface area (Å²) in [5.41, 5.74) is 4.83. The Morgan fingerprint density at radius 3 is 2.73 bits per heavy atom. The van der Waals surface area contributed by atoms with Crippen LogP contribution in [0.15, 0.2) is 73.1 Å². The Morgan fingerprint density at radius 1 is 1.09 bits per heavy atom. The highest BCUT2D eigenvalue weighted by molar-refractivity contribution is 6.06. The molecule has 1 aliphatic heterocycles. The number of amides is 1. The number of imidazole rings is 1. The highest BCUT2D eigenvalue weighted by Crippen LogP contribution is 2.29. The summed E-state index contributed by atoms with van der Waals surface area (Å²) in [4.78, 5) is 20.1. The molecule has 0 aliphatic carbocycles. The molecular weight excluding hydrogens is 416 g/mol. The number of methoxy groups -OCH3 is 1. The van der Waals surface area contributed by atoms with E-state index in [2.05, 4.69) is 10.2 Å². The van der Waals surface area contributed by atoms with Crippen LogP contribution in [0.25, 0.3) is 16.9 Å². The highest BCUT2D eigenvalue weighted by atomic mass is 16.5. The summed E-state index contributed by atoms with van der Waals surface area (Å²) < 4.78 is 13.0. The van der Waals surface area contributed by atoms with Gasteiger partial charge in [0.05, 0.1) is 31.7 Å². The Labute approximate surface area is 192 Å². The van der Waals surface area contributed by atoms with Crippen LogP contribution in [0.1, 0.15) is 15.9 Å². The fourth-order valence-electron chi connectivity index (χ4n) is 4.09. The standard InChI is InChI=1S/C26H26N4O3/c1-32-24-16-19(9-10-20(24)17-29-12-14-33-15-13-29)26(31)28-22-7-3-2-6-21(22)23-18-30-11-5-4-8-25(30)27-23/h2-11,16,18H,12-15,17H2,1H3,(H,28,31). The number of hydrogen-bond donors (Lipinski definition) is 1. The minimum absolute atomic E-state index is 0.192. The van der Waals surface area contributed by atoms with Crippen molar-refractivity contribution in [1.82, 2.24) is 14.3 Å². The molecule has 33 heavy (non-hydrogen) atoms. The molecule has 1 amide bonds. The number of morpholine rings is 1. The largest absolute Gasteiger partial charge is 0.496 e. The third-order valence-corrected chi connectivity index (χ3v) is 5.86. The minimum atomic E-state index is -0.192. The Kier molecular flexibility index (Phi) is 6.06. The number of carbonyl (C=O) groups excluding carboxylic acids is 1. The average molecular weight is 443 g/mol. The number of hydrogen-bond acceptors (Lipinski definition) is 5. The minimum Gasteiger partial charge on any atom is -0.496 e. The van der Waals surface area contributed by atoms with E-state index < -0.39 is 0 Å². The molecule has 1 fully saturated rings. The van der Waals surface area contributed by atoms with Crippen LogP contribution in [0.3, 0.4) is 0 Å². The zero-order chi connectivity index (χ0) is 22.6. The predicted octanol–water partition coefficient (Wildman–Crippen LogP) is 4.09. The fraction of sp³-hybridized carbons (Fsp3) is 0.231. The average Bonchev–Trinajstić information content (AvgIpc) is 3.29. The lowest BCUT2D eigenvalue weighted by Gasteiger charge is -2.27. The first kappa shape index (κ1) is 21.2. The van der Waals surface area contributed by atoms with Crippen molar-refractivity contribution in [2.75, 3.05) is 38.7 Å². The van der Waals surface area contributed by atoms with E-state index in [1.165, 1.54) is 0 Å². The Hall–Kier alpha value is -3.68. The number of nitrogens with zero attached hydrogens (tertiary/aromatic N) is 3. The maximum absolute atomic E-state index is 13.1. The summed E-state index contributed by atoms with van der Waals surface area (Å²) in [6.45, 7) is 4.05. The second kappa shape index (κ2) is 9.44. The molecule has 0 atom stereocenters. The van der Waals surface area contributed by atoms with Gasteiger partial charge in [-0.15, -0.1) is 0 Å². The predicted molar refractivity (Wildman–Crippen MR) is 128 cm³/mol. The summed E-state index contributed by atoms with van der Waals surface area (Å²) in [7, 11) is 1.64. The SMILES string of the molecule is COc1cc(C(=O)Nc2ccccc2-c2cn3ccccc3n2)ccc1CN1CCOCC1. The van der Waals surface area contributed by atoms with Crippen LogP contribution in [-0.2, 0) is 11.3 Å². The second-order valence-corrected chi connectivity index (χ2v) is 8.01. The topological polar surface area (TPSA) is 68.1 Å². The third kappa shape index (κ3) is 4.60. The number of pyridine rings is 1. The van der Waals surface area contributed by atoms with E-state index >= 15 is 0 Å². The molecule has 5 rings (SSSR count). The van der Waals surface area contributed by atoms with E-state index in [0.29, 0.717) is 17.0 Å². The quantitative estimate of drug-likeness (QED) is 0.487. The van der Waals surface area contributed by atoms with Gasteiger partial charge in [0, 0.05) is 48.7 Å². The molecular formula is C26H26N4O3. The lowest BCUT2D eigenvalue weighted by Crippen LogP contribution is -2.35. The van der Waals surface area contributed by atoms with Gasteiger partial charge in [0.1, 0.15) is 11.4 Å². The van der Waals surface area contributed by atoms with Gasteiger partial charge in [-0.05, 0) is 30.3 Å². The van der Waals surface area contributed by atoms with Crippen LogP contribution < -0.4 is 10.1 Å². The van der Waals surface area contributed by atoms with E-state index in [-0.39, 0.29) is 5.91 Å². The molecule has 168 valence electrons. The molecule has 4 aromatic rings. The molecule has 0 bridgehead atoms. The molecule has 7 heteroatoms. The van der Waals surface area contributed by atoms with Crippen LogP contribution in [0.5, 0.6) is 5.75 Å². The molecule has 2 aromatic heterocycles. The number of anilines is 1. The first-order valence-electron chi connectivity index (χ1n) is 11.0. The summed E-state index contributed by atoms with van der Waals surface area (Å²) in [6, 6.07) is 19.2. The molecule has 7 nitrogen and oxygen atoms in total. The van der Waals surface area contributed by atoms with Crippen molar-refractivity contribution in [3.05, 3.63) is 84.2 Å². The number of benzene rings is 2. The molecule has 0 unspecified atom stereocenters. The Balaban J connectivity index is 1.37. The van der Waals surface area contributed by atoms with Crippen molar-refractivity contribution in [3.63, 3.8) is 0 Å². The zero-order valence-electron chi connectivity index (χ0n) is 18.5. The first-order valence-corrected chi connectivity index (χ1v) is 11.0. The summed E-state index contributed by atoms with van der Waals surface area (Å²) in [6.07, 6.45) is 3.92. The number of ether oxygens (including phenoxy) is 2. The molecule has 0 radical (unpaired) electrons. The van der Waals surface area contributed by atoms with Crippen molar-refractivity contribution in [3.8, 4) is 17.0 Å². The summed E-state index contributed by atoms with van der Waals surface area (Å²) >= 11 is 0. The smallest absolute Gasteiger partial charge is 0.255 e. The van der Waals surface area contributed by atoms with Crippen LogP contribution in [0.2, 0.25) is 0 Å². The van der Waals surface area contributed by atoms with Gasteiger partial charge < -0.3 is 19.2 Å². The van der Waals surface area contributed by atoms with Gasteiger partial charge in [0.15, 0.2) is 0 Å². The van der Waals surface area contributed by atoms with Gasteiger partial charge in [0.2, 0.25) is 0 Å². The molecule has 1 saturated heterocycles. The van der Waals surface area contributed by atoms with E-state index in [1.807, 2.05) is 71.4 Å². The van der Waals surface area contributed by atoms with Crippen molar-refractivity contribution < 1.29 is 14.3 Å². The number of para-hydroxylation sites is 1. The van der Waals surface area contributed by atoms with Crippen molar-refractivity contribution >= 4 is 17.2 Å². The van der Waals surface area contributed by atoms with Crippen LogP contribution >= 0.6 is 0 Å². The van der Waals surface area contributed by atoms with Crippen molar-refractivity contribution in [2.45, 2.75) is 6.54 Å². The second-order valence-electron chi connectivity index (χ2n) is 8.01. The lowest BCUT2D eigenvalue weighted by atomic mass is 10.1. The maximum atomic E-state index is 13.1. The highest BCUT2D eigenvalue weighted by Gasteiger charge is 2.17. The number of rotatable bonds is 6. The van der Waals surface area contributed by atoms with E-state index in [1.54, 1.807) is 13.2 Å². The Morgan fingerprint density at radius 2 is 1.91 bits per heavy atom. The fourth-order valence-corrected chi connectivity index (χ4v) is 4.09. The summed E-state index contributed by atoms with van der Waals surface area (Å²) in [5.74, 6) is 0.519. The van der Waals surface area contributed by atoms with Gasteiger partial charge in [-0.25, -0.2) is 4.98 Å². The van der Waals surface area contributed by atoms with E-state index in [4.69, 9.17) is 14.5 Å². The zero-order valence-corrected chi connectivity index (χ0v) is 18.5. The van der Waals surface area contributed by atoms with Crippen LogP contribution in [0.4, 0.5) is 5.69 Å². The van der Waals surface area contributed by atoms with Crippen LogP contribution in [-0.4, -0.2) is 53.6 Å². The summed E-state index contributed by atoms with van der Waals surface area (Å²) in [5, 5.41) is 3.05. The van der Waals surface area contributed by atoms with Crippen molar-refractivity contribution in [1.29, 1.82) is 0 Å². The molecule has 1 aliphatic rings. The van der Waals surface area contributed by atoms with Gasteiger partial charge in [0.25, 0.3) is 5.91 Å². The number of nitrogens with one attached hydrogen (secondary N) is 1. The van der Waals surface area contributed by atoms with Gasteiger partial charge >= 0.3 is 0 Å². The van der Waals surface area contributed by atoms with E-state index in [9.17, 15) is 4.79 Å². The molecule has 1 N–H and O–H groups in total. The molecule has 0 saturated carbocycles.